The first kappa shape index (κ1) is 10.9. The number of rotatable bonds is 2. The highest BCUT2D eigenvalue weighted by Gasteiger charge is 2.30. The van der Waals surface area contributed by atoms with E-state index in [2.05, 4.69) is 10.3 Å². The molecule has 1 aliphatic heterocycles. The molecule has 18 heavy (non-hydrogen) atoms. The van der Waals surface area contributed by atoms with E-state index in [1.165, 1.54) is 0 Å². The summed E-state index contributed by atoms with van der Waals surface area (Å²) in [6.45, 7) is 0. The standard InChI is InChI=1S/C14H12N2O2/c17-13-6-10(14(18)16-13)5-11-8-15-7-9-3-1-2-4-12(9)11/h1-4,7-8,10H,5-6H2,(H,16,17,18). The van der Waals surface area contributed by atoms with Crippen LogP contribution in [-0.4, -0.2) is 16.8 Å². The predicted octanol–water partition coefficient (Wildman–Crippen LogP) is 1.44. The molecule has 1 aromatic carbocycles. The van der Waals surface area contributed by atoms with Crippen LogP contribution in [0.3, 0.4) is 0 Å². The van der Waals surface area contributed by atoms with Gasteiger partial charge in [0.1, 0.15) is 0 Å². The molecule has 90 valence electrons. The number of imide groups is 1. The smallest absolute Gasteiger partial charge is 0.230 e. The molecule has 0 radical (unpaired) electrons. The summed E-state index contributed by atoms with van der Waals surface area (Å²) in [6, 6.07) is 7.93. The summed E-state index contributed by atoms with van der Waals surface area (Å²) in [4.78, 5) is 26.9. The Balaban J connectivity index is 1.95. The molecule has 2 amide bonds. The maximum atomic E-state index is 11.6. The van der Waals surface area contributed by atoms with E-state index in [4.69, 9.17) is 0 Å². The van der Waals surface area contributed by atoms with Gasteiger partial charge in [0.25, 0.3) is 0 Å². The van der Waals surface area contributed by atoms with Gasteiger partial charge in [-0.25, -0.2) is 0 Å². The summed E-state index contributed by atoms with van der Waals surface area (Å²) in [6.07, 6.45) is 4.42. The average molecular weight is 240 g/mol. The van der Waals surface area contributed by atoms with Gasteiger partial charge in [-0.05, 0) is 17.4 Å². The van der Waals surface area contributed by atoms with Crippen LogP contribution < -0.4 is 5.32 Å². The van der Waals surface area contributed by atoms with Gasteiger partial charge >= 0.3 is 0 Å². The fourth-order valence-corrected chi connectivity index (χ4v) is 2.38. The van der Waals surface area contributed by atoms with Crippen LogP contribution >= 0.6 is 0 Å². The van der Waals surface area contributed by atoms with Gasteiger partial charge in [0.2, 0.25) is 11.8 Å². The summed E-state index contributed by atoms with van der Waals surface area (Å²) in [5.74, 6) is -0.615. The van der Waals surface area contributed by atoms with E-state index in [1.54, 1.807) is 12.4 Å². The van der Waals surface area contributed by atoms with E-state index >= 15 is 0 Å². The second kappa shape index (κ2) is 4.22. The molecule has 3 rings (SSSR count). The number of aromatic nitrogens is 1. The van der Waals surface area contributed by atoms with Crippen molar-refractivity contribution in [3.63, 3.8) is 0 Å². The van der Waals surface area contributed by atoms with Crippen LogP contribution in [0, 0.1) is 5.92 Å². The number of fused-ring (bicyclic) bond motifs is 1. The average Bonchev–Trinajstić information content (AvgIpc) is 2.68. The fourth-order valence-electron chi connectivity index (χ4n) is 2.38. The number of hydrogen-bond donors (Lipinski definition) is 1. The van der Waals surface area contributed by atoms with Crippen molar-refractivity contribution >= 4 is 22.6 Å². The van der Waals surface area contributed by atoms with Crippen LogP contribution in [0.15, 0.2) is 36.7 Å². The molecule has 4 nitrogen and oxygen atoms in total. The van der Waals surface area contributed by atoms with Gasteiger partial charge in [0.15, 0.2) is 0 Å². The Labute approximate surface area is 104 Å². The highest BCUT2D eigenvalue weighted by Crippen LogP contribution is 2.23. The van der Waals surface area contributed by atoms with Crippen LogP contribution in [0.2, 0.25) is 0 Å². The number of nitrogens with zero attached hydrogens (tertiary/aromatic N) is 1. The van der Waals surface area contributed by atoms with Crippen molar-refractivity contribution in [1.29, 1.82) is 0 Å². The van der Waals surface area contributed by atoms with Crippen molar-refractivity contribution in [3.05, 3.63) is 42.2 Å². The lowest BCUT2D eigenvalue weighted by Gasteiger charge is -2.08. The molecule has 1 saturated heterocycles. The van der Waals surface area contributed by atoms with Crippen molar-refractivity contribution < 1.29 is 9.59 Å². The minimum absolute atomic E-state index is 0.173. The molecule has 1 aromatic heterocycles. The zero-order chi connectivity index (χ0) is 12.5. The van der Waals surface area contributed by atoms with Crippen LogP contribution in [-0.2, 0) is 16.0 Å². The molecule has 1 atom stereocenters. The second-order valence-electron chi connectivity index (χ2n) is 4.54. The third-order valence-electron chi connectivity index (χ3n) is 3.28. The third-order valence-corrected chi connectivity index (χ3v) is 3.28. The van der Waals surface area contributed by atoms with Crippen molar-refractivity contribution in [2.75, 3.05) is 0 Å². The number of pyridine rings is 1. The Morgan fingerprint density at radius 2 is 2.06 bits per heavy atom. The highest BCUT2D eigenvalue weighted by molar-refractivity contribution is 6.03. The summed E-state index contributed by atoms with van der Waals surface area (Å²) in [5, 5.41) is 4.49. The maximum Gasteiger partial charge on any atom is 0.230 e. The molecule has 1 fully saturated rings. The largest absolute Gasteiger partial charge is 0.296 e. The number of nitrogens with one attached hydrogen (secondary N) is 1. The molecule has 2 heterocycles. The predicted molar refractivity (Wildman–Crippen MR) is 66.7 cm³/mol. The van der Waals surface area contributed by atoms with Crippen LogP contribution in [0.1, 0.15) is 12.0 Å². The zero-order valence-electron chi connectivity index (χ0n) is 9.72. The van der Waals surface area contributed by atoms with Gasteiger partial charge in [-0.1, -0.05) is 24.3 Å². The minimum Gasteiger partial charge on any atom is -0.296 e. The Bertz CT molecular complexity index is 631. The van der Waals surface area contributed by atoms with Crippen molar-refractivity contribution in [3.8, 4) is 0 Å². The number of benzene rings is 1. The van der Waals surface area contributed by atoms with E-state index < -0.39 is 0 Å². The Morgan fingerprint density at radius 1 is 1.22 bits per heavy atom. The van der Waals surface area contributed by atoms with Crippen molar-refractivity contribution in [2.24, 2.45) is 5.92 Å². The van der Waals surface area contributed by atoms with E-state index in [-0.39, 0.29) is 24.2 Å². The quantitative estimate of drug-likeness (QED) is 0.808. The van der Waals surface area contributed by atoms with E-state index in [9.17, 15) is 9.59 Å². The van der Waals surface area contributed by atoms with E-state index in [0.717, 1.165) is 16.3 Å². The maximum absolute atomic E-state index is 11.6. The zero-order valence-corrected chi connectivity index (χ0v) is 9.72. The summed E-state index contributed by atoms with van der Waals surface area (Å²) < 4.78 is 0. The monoisotopic (exact) mass is 240 g/mol. The minimum atomic E-state index is -0.259. The molecule has 0 aliphatic carbocycles. The normalized spacial score (nSPS) is 19.2. The van der Waals surface area contributed by atoms with Gasteiger partial charge in [0.05, 0.1) is 5.92 Å². The van der Waals surface area contributed by atoms with Crippen LogP contribution in [0.4, 0.5) is 0 Å². The van der Waals surface area contributed by atoms with Crippen LogP contribution in [0.25, 0.3) is 10.8 Å². The molecule has 1 N–H and O–H groups in total. The molecular weight excluding hydrogens is 228 g/mol. The lowest BCUT2D eigenvalue weighted by molar-refractivity contribution is -0.125. The first-order chi connectivity index (χ1) is 8.74. The molecule has 2 aromatic rings. The first-order valence-corrected chi connectivity index (χ1v) is 5.89. The fraction of sp³-hybridized carbons (Fsp3) is 0.214. The molecule has 0 saturated carbocycles. The van der Waals surface area contributed by atoms with Gasteiger partial charge < -0.3 is 0 Å². The van der Waals surface area contributed by atoms with Gasteiger partial charge in [0, 0.05) is 24.2 Å². The van der Waals surface area contributed by atoms with Gasteiger partial charge in [-0.2, -0.15) is 0 Å². The van der Waals surface area contributed by atoms with Gasteiger partial charge in [-0.15, -0.1) is 0 Å². The molecule has 1 unspecified atom stereocenters. The Kier molecular flexibility index (Phi) is 2.55. The molecular formula is C14H12N2O2. The molecule has 0 bridgehead atoms. The second-order valence-corrected chi connectivity index (χ2v) is 4.54. The van der Waals surface area contributed by atoms with E-state index in [0.29, 0.717) is 6.42 Å². The first-order valence-electron chi connectivity index (χ1n) is 5.89. The number of carbonyl (C=O) groups is 2. The Hall–Kier alpha value is -2.23. The Morgan fingerprint density at radius 3 is 2.83 bits per heavy atom. The van der Waals surface area contributed by atoms with Crippen molar-refractivity contribution in [2.45, 2.75) is 12.8 Å². The lowest BCUT2D eigenvalue weighted by atomic mass is 9.95. The van der Waals surface area contributed by atoms with E-state index in [1.807, 2.05) is 24.3 Å². The summed E-state index contributed by atoms with van der Waals surface area (Å²) in [5.41, 5.74) is 1.02. The van der Waals surface area contributed by atoms with Gasteiger partial charge in [-0.3, -0.25) is 19.9 Å². The SMILES string of the molecule is O=C1CC(Cc2cncc3ccccc23)C(=O)N1. The number of hydrogen-bond acceptors (Lipinski definition) is 3. The summed E-state index contributed by atoms with van der Waals surface area (Å²) in [7, 11) is 0. The third kappa shape index (κ3) is 1.86. The number of amides is 2. The van der Waals surface area contributed by atoms with Crippen molar-refractivity contribution in [1.82, 2.24) is 10.3 Å². The lowest BCUT2D eigenvalue weighted by Crippen LogP contribution is -2.22. The molecule has 4 heteroatoms. The van der Waals surface area contributed by atoms with Crippen LogP contribution in [0.5, 0.6) is 0 Å². The molecule has 0 spiro atoms. The topological polar surface area (TPSA) is 59.1 Å². The highest BCUT2D eigenvalue weighted by atomic mass is 16.2. The number of carbonyl (C=O) groups excluding carboxylic acids is 2. The summed E-state index contributed by atoms with van der Waals surface area (Å²) >= 11 is 0. The molecule has 1 aliphatic rings.